The van der Waals surface area contributed by atoms with Crippen LogP contribution in [0.2, 0.25) is 5.02 Å². The quantitative estimate of drug-likeness (QED) is 0.592. The molecular weight excluding hydrogens is 407 g/mol. The van der Waals surface area contributed by atoms with E-state index in [0.29, 0.717) is 22.0 Å². The highest BCUT2D eigenvalue weighted by Crippen LogP contribution is 2.23. The van der Waals surface area contributed by atoms with Crippen LogP contribution in [0.25, 0.3) is 0 Å². The molecule has 154 valence electrons. The molecular formula is C23H20ClFN2O3. The van der Waals surface area contributed by atoms with Gasteiger partial charge in [-0.1, -0.05) is 41.9 Å². The summed E-state index contributed by atoms with van der Waals surface area (Å²) in [4.78, 5) is 26.4. The van der Waals surface area contributed by atoms with Crippen LogP contribution in [0.3, 0.4) is 0 Å². The molecule has 1 N–H and O–H groups in total. The van der Waals surface area contributed by atoms with E-state index < -0.39 is 11.7 Å². The summed E-state index contributed by atoms with van der Waals surface area (Å²) in [6, 6.07) is 19.5. The molecule has 0 bridgehead atoms. The van der Waals surface area contributed by atoms with Gasteiger partial charge in [0.15, 0.2) is 0 Å². The number of amides is 2. The fourth-order valence-electron chi connectivity index (χ4n) is 2.77. The summed E-state index contributed by atoms with van der Waals surface area (Å²) in [5, 5.41) is 3.21. The predicted molar refractivity (Wildman–Crippen MR) is 114 cm³/mol. The van der Waals surface area contributed by atoms with Gasteiger partial charge in [-0.3, -0.25) is 9.59 Å². The minimum atomic E-state index is -0.396. The number of nitrogens with one attached hydrogen (secondary N) is 1. The van der Waals surface area contributed by atoms with Gasteiger partial charge in [0.25, 0.3) is 5.91 Å². The van der Waals surface area contributed by atoms with E-state index in [1.165, 1.54) is 36.2 Å². The van der Waals surface area contributed by atoms with Gasteiger partial charge < -0.3 is 15.0 Å². The summed E-state index contributed by atoms with van der Waals surface area (Å²) in [5.41, 5.74) is 1.58. The molecule has 7 heteroatoms. The lowest BCUT2D eigenvalue weighted by molar-refractivity contribution is -0.116. The number of para-hydroxylation sites is 1. The number of benzene rings is 3. The molecule has 0 aromatic heterocycles. The van der Waals surface area contributed by atoms with Crippen LogP contribution in [0.15, 0.2) is 72.8 Å². The van der Waals surface area contributed by atoms with Crippen LogP contribution in [0, 0.1) is 5.82 Å². The standard InChI is InChI=1S/C23H20ClFN2O3/c1-27(14-22(28)26-18-12-10-17(25)11-13-18)23(29)19-7-3-5-9-21(19)30-15-16-6-2-4-8-20(16)24/h2-13H,14-15H2,1H3,(H,26,28). The Labute approximate surface area is 179 Å². The minimum Gasteiger partial charge on any atom is -0.488 e. The number of likely N-dealkylation sites (N-methyl/N-ethyl adjacent to an activating group) is 1. The van der Waals surface area contributed by atoms with E-state index in [4.69, 9.17) is 16.3 Å². The third-order valence-electron chi connectivity index (χ3n) is 4.31. The number of ether oxygens (including phenoxy) is 1. The smallest absolute Gasteiger partial charge is 0.257 e. The van der Waals surface area contributed by atoms with Gasteiger partial charge in [-0.25, -0.2) is 4.39 Å². The number of anilines is 1. The van der Waals surface area contributed by atoms with Crippen molar-refractivity contribution in [2.24, 2.45) is 0 Å². The fraction of sp³-hybridized carbons (Fsp3) is 0.130. The molecule has 3 aromatic carbocycles. The number of carbonyl (C=O) groups is 2. The van der Waals surface area contributed by atoms with Crippen molar-refractivity contribution in [3.8, 4) is 5.75 Å². The fourth-order valence-corrected chi connectivity index (χ4v) is 2.96. The zero-order valence-electron chi connectivity index (χ0n) is 16.3. The zero-order chi connectivity index (χ0) is 21.5. The Kier molecular flexibility index (Phi) is 7.03. The van der Waals surface area contributed by atoms with Gasteiger partial charge >= 0.3 is 0 Å². The molecule has 0 aliphatic carbocycles. The normalized spacial score (nSPS) is 10.4. The SMILES string of the molecule is CN(CC(=O)Nc1ccc(F)cc1)C(=O)c1ccccc1OCc1ccccc1Cl. The van der Waals surface area contributed by atoms with E-state index in [2.05, 4.69) is 5.32 Å². The summed E-state index contributed by atoms with van der Waals surface area (Å²) in [6.07, 6.45) is 0. The summed E-state index contributed by atoms with van der Waals surface area (Å²) < 4.78 is 18.8. The maximum absolute atomic E-state index is 13.0. The van der Waals surface area contributed by atoms with Crippen molar-refractivity contribution in [3.63, 3.8) is 0 Å². The number of hydrogen-bond donors (Lipinski definition) is 1. The Morgan fingerprint density at radius 1 is 1.00 bits per heavy atom. The lowest BCUT2D eigenvalue weighted by Crippen LogP contribution is -2.35. The third kappa shape index (κ3) is 5.58. The van der Waals surface area contributed by atoms with Gasteiger partial charge in [0.2, 0.25) is 5.91 Å². The van der Waals surface area contributed by atoms with Crippen molar-refractivity contribution in [2.75, 3.05) is 18.9 Å². The Morgan fingerprint density at radius 2 is 1.67 bits per heavy atom. The molecule has 0 unspecified atom stereocenters. The number of halogens is 2. The largest absolute Gasteiger partial charge is 0.488 e. The van der Waals surface area contributed by atoms with Gasteiger partial charge in [0.1, 0.15) is 18.2 Å². The molecule has 0 heterocycles. The first-order chi connectivity index (χ1) is 14.4. The highest BCUT2D eigenvalue weighted by molar-refractivity contribution is 6.31. The molecule has 30 heavy (non-hydrogen) atoms. The Bertz CT molecular complexity index is 1040. The second-order valence-electron chi connectivity index (χ2n) is 6.59. The molecule has 3 rings (SSSR count). The van der Waals surface area contributed by atoms with Crippen molar-refractivity contribution >= 4 is 29.1 Å². The third-order valence-corrected chi connectivity index (χ3v) is 4.68. The van der Waals surface area contributed by atoms with E-state index in [-0.39, 0.29) is 19.1 Å². The molecule has 0 saturated heterocycles. The van der Waals surface area contributed by atoms with E-state index in [1.54, 1.807) is 30.3 Å². The van der Waals surface area contributed by atoms with E-state index in [9.17, 15) is 14.0 Å². The lowest BCUT2D eigenvalue weighted by atomic mass is 10.1. The van der Waals surface area contributed by atoms with Gasteiger partial charge in [-0.05, 0) is 42.5 Å². The van der Waals surface area contributed by atoms with Gasteiger partial charge in [-0.2, -0.15) is 0 Å². The summed E-state index contributed by atoms with van der Waals surface area (Å²) in [7, 11) is 1.53. The maximum Gasteiger partial charge on any atom is 0.257 e. The molecule has 0 fully saturated rings. The predicted octanol–water partition coefficient (Wildman–Crippen LogP) is 4.77. The van der Waals surface area contributed by atoms with Crippen molar-refractivity contribution in [1.29, 1.82) is 0 Å². The number of carbonyl (C=O) groups excluding carboxylic acids is 2. The van der Waals surface area contributed by atoms with E-state index in [0.717, 1.165) is 5.56 Å². The van der Waals surface area contributed by atoms with Crippen LogP contribution in [-0.2, 0) is 11.4 Å². The number of hydrogen-bond acceptors (Lipinski definition) is 3. The minimum absolute atomic E-state index is 0.172. The van der Waals surface area contributed by atoms with E-state index in [1.807, 2.05) is 18.2 Å². The zero-order valence-corrected chi connectivity index (χ0v) is 17.0. The van der Waals surface area contributed by atoms with Crippen LogP contribution < -0.4 is 10.1 Å². The first kappa shape index (κ1) is 21.3. The number of rotatable bonds is 7. The van der Waals surface area contributed by atoms with Crippen molar-refractivity contribution < 1.29 is 18.7 Å². The summed E-state index contributed by atoms with van der Waals surface area (Å²) in [6.45, 7) is 0.0355. The molecule has 3 aromatic rings. The molecule has 2 amide bonds. The highest BCUT2D eigenvalue weighted by Gasteiger charge is 2.19. The van der Waals surface area contributed by atoms with Crippen molar-refractivity contribution in [3.05, 3.63) is 94.8 Å². The molecule has 0 radical (unpaired) electrons. The molecule has 0 aliphatic heterocycles. The van der Waals surface area contributed by atoms with E-state index >= 15 is 0 Å². The van der Waals surface area contributed by atoms with Gasteiger partial charge in [0.05, 0.1) is 12.1 Å². The summed E-state index contributed by atoms with van der Waals surface area (Å²) >= 11 is 6.16. The molecule has 0 spiro atoms. The molecule has 0 atom stereocenters. The summed E-state index contributed by atoms with van der Waals surface area (Å²) in [5.74, 6) is -0.757. The highest BCUT2D eigenvalue weighted by atomic mass is 35.5. The van der Waals surface area contributed by atoms with Crippen LogP contribution in [0.4, 0.5) is 10.1 Å². The van der Waals surface area contributed by atoms with Crippen LogP contribution in [0.1, 0.15) is 15.9 Å². The molecule has 5 nitrogen and oxygen atoms in total. The first-order valence-corrected chi connectivity index (χ1v) is 9.58. The second kappa shape index (κ2) is 9.89. The molecule has 0 aliphatic rings. The Hall–Kier alpha value is -3.38. The lowest BCUT2D eigenvalue weighted by Gasteiger charge is -2.19. The van der Waals surface area contributed by atoms with Crippen molar-refractivity contribution in [1.82, 2.24) is 4.90 Å². The second-order valence-corrected chi connectivity index (χ2v) is 7.00. The number of nitrogens with zero attached hydrogens (tertiary/aromatic N) is 1. The van der Waals surface area contributed by atoms with Gasteiger partial charge in [-0.15, -0.1) is 0 Å². The Balaban J connectivity index is 1.64. The van der Waals surface area contributed by atoms with Crippen LogP contribution in [-0.4, -0.2) is 30.3 Å². The van der Waals surface area contributed by atoms with Crippen molar-refractivity contribution in [2.45, 2.75) is 6.61 Å². The molecule has 0 saturated carbocycles. The maximum atomic E-state index is 13.0. The average molecular weight is 427 g/mol. The Morgan fingerprint density at radius 3 is 2.40 bits per heavy atom. The topological polar surface area (TPSA) is 58.6 Å². The van der Waals surface area contributed by atoms with Crippen LogP contribution >= 0.6 is 11.6 Å². The average Bonchev–Trinajstić information content (AvgIpc) is 2.74. The van der Waals surface area contributed by atoms with Crippen LogP contribution in [0.5, 0.6) is 5.75 Å². The van der Waals surface area contributed by atoms with Gasteiger partial charge in [0, 0.05) is 23.3 Å². The first-order valence-electron chi connectivity index (χ1n) is 9.20. The monoisotopic (exact) mass is 426 g/mol.